The number of amides is 1. The van der Waals surface area contributed by atoms with Crippen molar-refractivity contribution in [2.75, 3.05) is 26.2 Å². The Kier molecular flexibility index (Phi) is 8.37. The molecule has 5 nitrogen and oxygen atoms in total. The van der Waals surface area contributed by atoms with Gasteiger partial charge in [-0.05, 0) is 11.8 Å². The molecule has 0 aliphatic rings. The van der Waals surface area contributed by atoms with E-state index in [4.69, 9.17) is 5.11 Å². The average Bonchev–Trinajstić information content (AvgIpc) is 2.22. The summed E-state index contributed by atoms with van der Waals surface area (Å²) < 4.78 is 0. The molecule has 0 unspecified atom stereocenters. The monoisotopic (exact) mass is 258 g/mol. The highest BCUT2D eigenvalue weighted by molar-refractivity contribution is 5.78. The zero-order valence-electron chi connectivity index (χ0n) is 11.9. The van der Waals surface area contributed by atoms with Crippen molar-refractivity contribution in [2.45, 2.75) is 34.1 Å². The number of aliphatic carboxylic acids is 1. The second-order valence-electron chi connectivity index (χ2n) is 5.47. The lowest BCUT2D eigenvalue weighted by molar-refractivity contribution is -0.137. The van der Waals surface area contributed by atoms with Gasteiger partial charge in [0.25, 0.3) is 0 Å². The summed E-state index contributed by atoms with van der Waals surface area (Å²) in [4.78, 5) is 24.1. The van der Waals surface area contributed by atoms with Crippen molar-refractivity contribution in [1.29, 1.82) is 0 Å². The fourth-order valence-corrected chi connectivity index (χ4v) is 1.58. The molecule has 0 heterocycles. The number of nitrogens with one attached hydrogen (secondary N) is 1. The first-order valence-corrected chi connectivity index (χ1v) is 6.52. The highest BCUT2D eigenvalue weighted by atomic mass is 16.4. The predicted molar refractivity (Wildman–Crippen MR) is 71.4 cm³/mol. The Morgan fingerprint density at radius 1 is 1.17 bits per heavy atom. The van der Waals surface area contributed by atoms with Crippen LogP contribution in [0.15, 0.2) is 0 Å². The predicted octanol–water partition coefficient (Wildman–Crippen LogP) is 1.19. The van der Waals surface area contributed by atoms with E-state index in [1.165, 1.54) is 0 Å². The van der Waals surface area contributed by atoms with E-state index in [9.17, 15) is 9.59 Å². The zero-order valence-corrected chi connectivity index (χ0v) is 11.9. The van der Waals surface area contributed by atoms with Crippen LogP contribution in [0.2, 0.25) is 0 Å². The summed E-state index contributed by atoms with van der Waals surface area (Å²) in [6, 6.07) is 0. The number of carbonyl (C=O) groups excluding carboxylic acids is 1. The topological polar surface area (TPSA) is 69.6 Å². The van der Waals surface area contributed by atoms with Gasteiger partial charge in [-0.1, -0.05) is 27.7 Å². The molecular formula is C13H26N2O3. The molecule has 0 aliphatic heterocycles. The molecule has 0 aromatic rings. The first-order chi connectivity index (χ1) is 8.31. The minimum atomic E-state index is -0.827. The standard InChI is InChI=1S/C13H26N2O3/c1-10(2)7-14-12(16)9-15(8-11(3)4)6-5-13(17)18/h10-11H,5-9H2,1-4H3,(H,14,16)(H,17,18). The molecule has 18 heavy (non-hydrogen) atoms. The maximum Gasteiger partial charge on any atom is 0.304 e. The minimum Gasteiger partial charge on any atom is -0.481 e. The van der Waals surface area contributed by atoms with Gasteiger partial charge in [-0.15, -0.1) is 0 Å². The van der Waals surface area contributed by atoms with Crippen LogP contribution in [0.3, 0.4) is 0 Å². The molecule has 0 aliphatic carbocycles. The number of carboxylic acids is 1. The number of carboxylic acid groups (broad SMARTS) is 1. The lowest BCUT2D eigenvalue weighted by atomic mass is 10.2. The van der Waals surface area contributed by atoms with Crippen molar-refractivity contribution >= 4 is 11.9 Å². The minimum absolute atomic E-state index is 0.0326. The maximum atomic E-state index is 11.7. The molecule has 5 heteroatoms. The van der Waals surface area contributed by atoms with Gasteiger partial charge in [0.05, 0.1) is 13.0 Å². The molecule has 0 bridgehead atoms. The number of rotatable bonds is 9. The van der Waals surface area contributed by atoms with Gasteiger partial charge in [0.15, 0.2) is 0 Å². The van der Waals surface area contributed by atoms with E-state index in [-0.39, 0.29) is 18.9 Å². The summed E-state index contributed by atoms with van der Waals surface area (Å²) in [5.41, 5.74) is 0. The summed E-state index contributed by atoms with van der Waals surface area (Å²) in [7, 11) is 0. The molecule has 0 saturated heterocycles. The maximum absolute atomic E-state index is 11.7. The molecule has 0 atom stereocenters. The molecule has 106 valence electrons. The van der Waals surface area contributed by atoms with Gasteiger partial charge in [-0.2, -0.15) is 0 Å². The molecule has 0 radical (unpaired) electrons. The number of hydrogen-bond acceptors (Lipinski definition) is 3. The Morgan fingerprint density at radius 2 is 1.78 bits per heavy atom. The summed E-state index contributed by atoms with van der Waals surface area (Å²) in [6.45, 7) is 10.3. The molecule has 0 spiro atoms. The van der Waals surface area contributed by atoms with Crippen LogP contribution in [0.25, 0.3) is 0 Å². The Hall–Kier alpha value is -1.10. The van der Waals surface area contributed by atoms with E-state index >= 15 is 0 Å². The van der Waals surface area contributed by atoms with Crippen LogP contribution in [-0.4, -0.2) is 48.1 Å². The van der Waals surface area contributed by atoms with E-state index in [0.717, 1.165) is 6.54 Å². The van der Waals surface area contributed by atoms with Gasteiger partial charge in [0.1, 0.15) is 0 Å². The van der Waals surface area contributed by atoms with E-state index in [1.54, 1.807) is 0 Å². The average molecular weight is 258 g/mol. The number of nitrogens with zero attached hydrogens (tertiary/aromatic N) is 1. The van der Waals surface area contributed by atoms with Crippen LogP contribution in [-0.2, 0) is 9.59 Å². The van der Waals surface area contributed by atoms with Gasteiger partial charge in [-0.25, -0.2) is 0 Å². The van der Waals surface area contributed by atoms with E-state index in [1.807, 2.05) is 18.7 Å². The van der Waals surface area contributed by atoms with Crippen LogP contribution in [0.5, 0.6) is 0 Å². The Labute approximate surface area is 110 Å². The van der Waals surface area contributed by atoms with Crippen molar-refractivity contribution in [1.82, 2.24) is 10.2 Å². The second kappa shape index (κ2) is 8.91. The summed E-state index contributed by atoms with van der Waals surface area (Å²) >= 11 is 0. The SMILES string of the molecule is CC(C)CNC(=O)CN(CCC(=O)O)CC(C)C. The Bertz CT molecular complexity index is 265. The van der Waals surface area contributed by atoms with Gasteiger partial charge in [0.2, 0.25) is 5.91 Å². The summed E-state index contributed by atoms with van der Waals surface area (Å²) in [5, 5.41) is 11.5. The third-order valence-corrected chi connectivity index (χ3v) is 2.34. The van der Waals surface area contributed by atoms with Crippen molar-refractivity contribution in [2.24, 2.45) is 11.8 Å². The summed E-state index contributed by atoms with van der Waals surface area (Å²) in [5.74, 6) is -0.0238. The molecule has 0 aromatic heterocycles. The smallest absolute Gasteiger partial charge is 0.304 e. The zero-order chi connectivity index (χ0) is 14.1. The Balaban J connectivity index is 4.12. The van der Waals surface area contributed by atoms with E-state index in [2.05, 4.69) is 19.2 Å². The van der Waals surface area contributed by atoms with Crippen molar-refractivity contribution < 1.29 is 14.7 Å². The molecule has 0 rings (SSSR count). The first-order valence-electron chi connectivity index (χ1n) is 6.52. The third-order valence-electron chi connectivity index (χ3n) is 2.34. The van der Waals surface area contributed by atoms with Crippen LogP contribution in [0.4, 0.5) is 0 Å². The molecule has 0 saturated carbocycles. The van der Waals surface area contributed by atoms with Gasteiger partial charge in [0, 0.05) is 19.6 Å². The van der Waals surface area contributed by atoms with Gasteiger partial charge in [-0.3, -0.25) is 14.5 Å². The van der Waals surface area contributed by atoms with Crippen LogP contribution < -0.4 is 5.32 Å². The fourth-order valence-electron chi connectivity index (χ4n) is 1.58. The lowest BCUT2D eigenvalue weighted by Crippen LogP contribution is -2.40. The van der Waals surface area contributed by atoms with Crippen LogP contribution >= 0.6 is 0 Å². The van der Waals surface area contributed by atoms with E-state index in [0.29, 0.717) is 24.9 Å². The highest BCUT2D eigenvalue weighted by Crippen LogP contribution is 2.00. The molecule has 0 fully saturated rings. The third kappa shape index (κ3) is 10.1. The van der Waals surface area contributed by atoms with Gasteiger partial charge < -0.3 is 10.4 Å². The number of carbonyl (C=O) groups is 2. The van der Waals surface area contributed by atoms with Gasteiger partial charge >= 0.3 is 5.97 Å². The molecular weight excluding hydrogens is 232 g/mol. The quantitative estimate of drug-likeness (QED) is 0.652. The van der Waals surface area contributed by atoms with Crippen molar-refractivity contribution in [3.8, 4) is 0 Å². The number of hydrogen-bond donors (Lipinski definition) is 2. The first kappa shape index (κ1) is 16.9. The van der Waals surface area contributed by atoms with Crippen molar-refractivity contribution in [3.05, 3.63) is 0 Å². The lowest BCUT2D eigenvalue weighted by Gasteiger charge is -2.23. The second-order valence-corrected chi connectivity index (χ2v) is 5.47. The largest absolute Gasteiger partial charge is 0.481 e. The highest BCUT2D eigenvalue weighted by Gasteiger charge is 2.13. The molecule has 0 aromatic carbocycles. The molecule has 2 N–H and O–H groups in total. The van der Waals surface area contributed by atoms with E-state index < -0.39 is 5.97 Å². The molecule has 1 amide bonds. The summed E-state index contributed by atoms with van der Waals surface area (Å²) in [6.07, 6.45) is 0.0736. The fraction of sp³-hybridized carbons (Fsp3) is 0.846. The Morgan fingerprint density at radius 3 is 2.22 bits per heavy atom. The normalized spacial score (nSPS) is 11.3. The van der Waals surface area contributed by atoms with Crippen LogP contribution in [0.1, 0.15) is 34.1 Å². The van der Waals surface area contributed by atoms with Crippen LogP contribution in [0, 0.1) is 11.8 Å². The van der Waals surface area contributed by atoms with Crippen molar-refractivity contribution in [3.63, 3.8) is 0 Å².